The predicted octanol–water partition coefficient (Wildman–Crippen LogP) is 16.9. The Morgan fingerprint density at radius 2 is 1.18 bits per heavy atom. The highest BCUT2D eigenvalue weighted by Gasteiger charge is 2.31. The van der Waals surface area contributed by atoms with Gasteiger partial charge in [-0.3, -0.25) is 9.55 Å². The monoisotopic (exact) mass is 867 g/mol. The number of imidazole rings is 1. The molecule has 0 saturated heterocycles. The first-order valence-corrected chi connectivity index (χ1v) is 22.7. The van der Waals surface area contributed by atoms with Crippen LogP contribution in [0.5, 0.6) is 5.75 Å². The molecule has 8 aromatic rings. The lowest BCUT2D eigenvalue weighted by molar-refractivity contribution is 0.446. The van der Waals surface area contributed by atoms with Gasteiger partial charge >= 0.3 is 0 Å². The van der Waals surface area contributed by atoms with Gasteiger partial charge in [0.25, 0.3) is 0 Å². The number of hydrogen-bond acceptors (Lipinski definition) is 3. The number of para-hydroxylation sites is 1. The number of phenolic OH excluding ortho intramolecular Hbond substituents is 1. The molecule has 0 amide bonds. The van der Waals surface area contributed by atoms with E-state index in [-0.39, 0.29) is 23.0 Å². The second kappa shape index (κ2) is 16.9. The van der Waals surface area contributed by atoms with Gasteiger partial charge in [-0.05, 0) is 134 Å². The van der Waals surface area contributed by atoms with E-state index in [1.165, 1.54) is 12.1 Å². The van der Waals surface area contributed by atoms with Crippen LogP contribution >= 0.6 is 0 Å². The average molecular weight is 867 g/mol. The number of aromatic nitrogens is 3. The Balaban J connectivity index is 1.56. The Morgan fingerprint density at radius 1 is 0.554 bits per heavy atom. The summed E-state index contributed by atoms with van der Waals surface area (Å²) in [6.07, 6.45) is 1.63. The summed E-state index contributed by atoms with van der Waals surface area (Å²) in [7, 11) is 0. The van der Waals surface area contributed by atoms with Crippen molar-refractivity contribution in [2.45, 2.75) is 125 Å². The number of aromatic hydroxyl groups is 1. The Hall–Kier alpha value is -6.26. The van der Waals surface area contributed by atoms with Crippen molar-refractivity contribution in [2.24, 2.45) is 0 Å². The second-order valence-electron chi connectivity index (χ2n) is 20.4. The molecule has 0 saturated carbocycles. The van der Waals surface area contributed by atoms with Crippen molar-refractivity contribution < 1.29 is 17.4 Å². The summed E-state index contributed by atoms with van der Waals surface area (Å²) in [6.45, 7) is 12.7. The van der Waals surface area contributed by atoms with Crippen molar-refractivity contribution >= 4 is 11.0 Å². The quantitative estimate of drug-likeness (QED) is 0.166. The molecule has 0 aliphatic carbocycles. The van der Waals surface area contributed by atoms with E-state index in [9.17, 15) is 5.11 Å². The Morgan fingerprint density at radius 3 is 1.82 bits per heavy atom. The normalized spacial score (nSPS) is 15.1. The van der Waals surface area contributed by atoms with Crippen LogP contribution in [0.15, 0.2) is 134 Å². The van der Waals surface area contributed by atoms with Gasteiger partial charge in [-0.15, -0.1) is 0 Å². The number of nitrogens with zero attached hydrogens (tertiary/aromatic N) is 3. The van der Waals surface area contributed by atoms with E-state index in [4.69, 9.17) is 22.3 Å². The standard InChI is InChI=1S/C61H67N3O/c1-37(2)49-32-43(40-21-16-15-17-22-40)33-50(38(3)4)56(49)64-54-25-19-24-48(55(54)63-58(64)51-35-47(60(9,10)11)36-52(57(51)65)61(12,13)14)44-29-45(31-46(30-44)59(6,7)8)53-34-42(26-27-62-53)41-23-18-20-39(5)28-41/h15-38,65H,1-14H3/i6D3,7D3,8D3. The fourth-order valence-corrected chi connectivity index (χ4v) is 8.90. The van der Waals surface area contributed by atoms with Gasteiger partial charge in [0.1, 0.15) is 11.6 Å². The maximum Gasteiger partial charge on any atom is 0.149 e. The number of rotatable bonds is 8. The predicted molar refractivity (Wildman–Crippen MR) is 277 cm³/mol. The van der Waals surface area contributed by atoms with Gasteiger partial charge in [-0.25, -0.2) is 4.98 Å². The smallest absolute Gasteiger partial charge is 0.149 e. The van der Waals surface area contributed by atoms with Gasteiger partial charge in [0.15, 0.2) is 0 Å². The lowest BCUT2D eigenvalue weighted by Crippen LogP contribution is -2.17. The number of aryl methyl sites for hydroxylation is 1. The lowest BCUT2D eigenvalue weighted by atomic mass is 9.78. The molecule has 0 aliphatic rings. The van der Waals surface area contributed by atoms with E-state index in [2.05, 4.69) is 104 Å². The van der Waals surface area contributed by atoms with Gasteiger partial charge in [0, 0.05) is 35.2 Å². The first-order valence-electron chi connectivity index (χ1n) is 27.2. The van der Waals surface area contributed by atoms with Crippen LogP contribution in [0, 0.1) is 6.92 Å². The molecule has 1 N–H and O–H groups in total. The maximum atomic E-state index is 12.7. The van der Waals surface area contributed by atoms with E-state index in [1.54, 1.807) is 12.3 Å². The van der Waals surface area contributed by atoms with Crippen LogP contribution in [0.25, 0.3) is 72.7 Å². The molecular formula is C61H67N3O. The fraction of sp³-hybridized carbons (Fsp3) is 0.311. The minimum atomic E-state index is -3.54. The molecule has 65 heavy (non-hydrogen) atoms. The molecule has 0 aliphatic heterocycles. The van der Waals surface area contributed by atoms with Gasteiger partial charge in [-0.1, -0.05) is 174 Å². The van der Waals surface area contributed by atoms with Crippen molar-refractivity contribution in [1.29, 1.82) is 0 Å². The van der Waals surface area contributed by atoms with Gasteiger partial charge in [-0.2, -0.15) is 0 Å². The molecule has 0 unspecified atom stereocenters. The number of fused-ring (bicyclic) bond motifs is 1. The van der Waals surface area contributed by atoms with Crippen LogP contribution in [-0.2, 0) is 16.2 Å². The number of hydrogen-bond donors (Lipinski definition) is 1. The lowest BCUT2D eigenvalue weighted by Gasteiger charge is -2.28. The average Bonchev–Trinajstić information content (AvgIpc) is 3.68. The van der Waals surface area contributed by atoms with Crippen molar-refractivity contribution in [2.75, 3.05) is 0 Å². The van der Waals surface area contributed by atoms with Crippen LogP contribution in [0.4, 0.5) is 0 Å². The van der Waals surface area contributed by atoms with Crippen LogP contribution in [0.2, 0.25) is 0 Å². The molecule has 0 spiro atoms. The molecule has 8 rings (SSSR count). The summed E-state index contributed by atoms with van der Waals surface area (Å²) in [5.74, 6) is 0.565. The molecule has 332 valence electrons. The van der Waals surface area contributed by atoms with Gasteiger partial charge in [0.2, 0.25) is 0 Å². The van der Waals surface area contributed by atoms with Crippen LogP contribution < -0.4 is 0 Å². The summed E-state index contributed by atoms with van der Waals surface area (Å²) < 4.78 is 81.7. The molecule has 0 radical (unpaired) electrons. The molecule has 6 aromatic carbocycles. The Kier molecular flexibility index (Phi) is 9.14. The zero-order valence-corrected chi connectivity index (χ0v) is 39.6. The number of pyridine rings is 1. The number of benzene rings is 6. The third-order valence-electron chi connectivity index (χ3n) is 12.5. The van der Waals surface area contributed by atoms with E-state index < -0.39 is 36.9 Å². The SMILES string of the molecule is [2H]C([2H])([2H])C(c1cc(-c2cc(-c3cccc(C)c3)ccn2)cc(-c2cccc3c2nc(-c2cc(C(C)(C)C)cc(C(C)(C)C)c2O)n3-c2c(C(C)C)cc(-c3ccccc3)cc2C(C)C)c1)(C([2H])([2H])[2H])C([2H])([2H])[2H]. The minimum absolute atomic E-state index is 0.00867. The highest BCUT2D eigenvalue weighted by atomic mass is 16.3. The Bertz CT molecular complexity index is 3340. The van der Waals surface area contributed by atoms with E-state index in [0.717, 1.165) is 55.8 Å². The van der Waals surface area contributed by atoms with Crippen molar-refractivity contribution in [1.82, 2.24) is 14.5 Å². The highest BCUT2D eigenvalue weighted by molar-refractivity contribution is 5.97. The summed E-state index contributed by atoms with van der Waals surface area (Å²) in [5.41, 5.74) is 8.21. The zero-order valence-electron chi connectivity index (χ0n) is 48.6. The molecule has 0 atom stereocenters. The zero-order chi connectivity index (χ0) is 54.2. The number of phenols is 1. The van der Waals surface area contributed by atoms with E-state index in [1.807, 2.05) is 85.8 Å². The fourth-order valence-electron chi connectivity index (χ4n) is 8.90. The first kappa shape index (κ1) is 35.1. The second-order valence-corrected chi connectivity index (χ2v) is 20.4. The third kappa shape index (κ3) is 8.93. The van der Waals surface area contributed by atoms with E-state index in [0.29, 0.717) is 44.8 Å². The van der Waals surface area contributed by atoms with Crippen molar-refractivity contribution in [3.8, 4) is 67.5 Å². The summed E-state index contributed by atoms with van der Waals surface area (Å²) >= 11 is 0. The van der Waals surface area contributed by atoms with Gasteiger partial charge < -0.3 is 5.11 Å². The topological polar surface area (TPSA) is 50.9 Å². The van der Waals surface area contributed by atoms with Gasteiger partial charge in [0.05, 0.1) is 28.0 Å². The molecule has 0 bridgehead atoms. The Labute approximate surface area is 401 Å². The molecule has 2 heterocycles. The van der Waals surface area contributed by atoms with Crippen LogP contribution in [0.1, 0.15) is 147 Å². The molecule has 4 nitrogen and oxygen atoms in total. The summed E-state index contributed by atoms with van der Waals surface area (Å²) in [5, 5.41) is 12.7. The van der Waals surface area contributed by atoms with E-state index >= 15 is 0 Å². The largest absolute Gasteiger partial charge is 0.507 e. The summed E-state index contributed by atoms with van der Waals surface area (Å²) in [6, 6.07) is 40.7. The van der Waals surface area contributed by atoms with Crippen molar-refractivity contribution in [3.05, 3.63) is 167 Å². The maximum absolute atomic E-state index is 12.7. The first-order chi connectivity index (χ1) is 34.3. The van der Waals surface area contributed by atoms with Crippen molar-refractivity contribution in [3.63, 3.8) is 0 Å². The van der Waals surface area contributed by atoms with Crippen LogP contribution in [-0.4, -0.2) is 19.6 Å². The molecule has 0 fully saturated rings. The molecular weight excluding hydrogens is 791 g/mol. The minimum Gasteiger partial charge on any atom is -0.507 e. The third-order valence-corrected chi connectivity index (χ3v) is 12.5. The molecule has 4 heteroatoms. The van der Waals surface area contributed by atoms with Crippen LogP contribution in [0.3, 0.4) is 0 Å². The summed E-state index contributed by atoms with van der Waals surface area (Å²) in [4.78, 5) is 10.3. The highest BCUT2D eigenvalue weighted by Crippen LogP contribution is 2.47. The molecule has 2 aromatic heterocycles.